The lowest BCUT2D eigenvalue weighted by Crippen LogP contribution is -2.72. The second-order valence-corrected chi connectivity index (χ2v) is 5.26. The van der Waals surface area contributed by atoms with Crippen molar-refractivity contribution in [1.29, 1.82) is 0 Å². The first-order chi connectivity index (χ1) is 9.32. The zero-order valence-corrected chi connectivity index (χ0v) is 10.6. The van der Waals surface area contributed by atoms with Gasteiger partial charge >= 0.3 is 0 Å². The Hall–Kier alpha value is -0.360. The van der Waals surface area contributed by atoms with E-state index in [1.165, 1.54) is 0 Å². The predicted octanol–water partition coefficient (Wildman–Crippen LogP) is -4.69. The van der Waals surface area contributed by atoms with Gasteiger partial charge in [-0.1, -0.05) is 0 Å². The molecule has 9 nitrogen and oxygen atoms in total. The fourth-order valence-electron chi connectivity index (χ4n) is 2.58. The maximum Gasteiger partial charge on any atom is 0.145 e. The molecule has 20 heavy (non-hydrogen) atoms. The molecule has 0 saturated carbocycles. The van der Waals surface area contributed by atoms with E-state index in [2.05, 4.69) is 0 Å². The molecule has 2 heterocycles. The Kier molecular flexibility index (Phi) is 4.64. The summed E-state index contributed by atoms with van der Waals surface area (Å²) in [5.74, 6) is 0. The van der Waals surface area contributed by atoms with Crippen LogP contribution in [0.3, 0.4) is 0 Å². The number of aliphatic hydroxyl groups is 7. The van der Waals surface area contributed by atoms with E-state index in [-0.39, 0.29) is 6.61 Å². The third-order valence-corrected chi connectivity index (χ3v) is 3.92. The van der Waals surface area contributed by atoms with E-state index < -0.39 is 61.5 Å². The van der Waals surface area contributed by atoms with Gasteiger partial charge in [-0.25, -0.2) is 0 Å². The number of ether oxygens (including phenoxy) is 2. The Bertz CT molecular complexity index is 340. The Morgan fingerprint density at radius 2 is 1.60 bits per heavy atom. The van der Waals surface area contributed by atoms with E-state index >= 15 is 0 Å². The summed E-state index contributed by atoms with van der Waals surface area (Å²) in [5.41, 5.74) is -2.17. The van der Waals surface area contributed by atoms with E-state index in [4.69, 9.17) is 14.6 Å². The standard InChI is InChI=1S/C11H20O9/c12-1-5-7(15)9(17)11(18,3-20-5)10-8(16)6(14)4(13)2-19-10/h4-10,12-18H,1-3H2/t4-,5-,6+,7-,8-,9+,10-,11+/m1/s1. The molecule has 2 aliphatic heterocycles. The summed E-state index contributed by atoms with van der Waals surface area (Å²) < 4.78 is 10.1. The van der Waals surface area contributed by atoms with E-state index in [1.54, 1.807) is 0 Å². The van der Waals surface area contributed by atoms with Crippen molar-refractivity contribution in [3.05, 3.63) is 0 Å². The molecule has 0 aromatic rings. The van der Waals surface area contributed by atoms with Crippen molar-refractivity contribution < 1.29 is 45.2 Å². The van der Waals surface area contributed by atoms with Crippen molar-refractivity contribution in [2.24, 2.45) is 0 Å². The molecule has 8 atom stereocenters. The number of hydrogen-bond acceptors (Lipinski definition) is 9. The smallest absolute Gasteiger partial charge is 0.145 e. The summed E-state index contributed by atoms with van der Waals surface area (Å²) in [7, 11) is 0. The summed E-state index contributed by atoms with van der Waals surface area (Å²) in [4.78, 5) is 0. The fraction of sp³-hybridized carbons (Fsp3) is 1.00. The highest BCUT2D eigenvalue weighted by molar-refractivity contribution is 5.07. The highest BCUT2D eigenvalue weighted by atomic mass is 16.6. The van der Waals surface area contributed by atoms with Gasteiger partial charge in [-0.15, -0.1) is 0 Å². The van der Waals surface area contributed by atoms with Crippen LogP contribution in [0.1, 0.15) is 0 Å². The highest BCUT2D eigenvalue weighted by Gasteiger charge is 2.58. The van der Waals surface area contributed by atoms with Gasteiger partial charge < -0.3 is 45.2 Å². The molecule has 2 saturated heterocycles. The van der Waals surface area contributed by atoms with Crippen LogP contribution in [0.4, 0.5) is 0 Å². The molecular weight excluding hydrogens is 276 g/mol. The minimum atomic E-state index is -2.17. The van der Waals surface area contributed by atoms with Gasteiger partial charge in [-0.3, -0.25) is 0 Å². The van der Waals surface area contributed by atoms with Gasteiger partial charge in [0.25, 0.3) is 0 Å². The molecule has 2 aliphatic rings. The largest absolute Gasteiger partial charge is 0.394 e. The lowest BCUT2D eigenvalue weighted by Gasteiger charge is -2.50. The van der Waals surface area contributed by atoms with Crippen molar-refractivity contribution in [1.82, 2.24) is 0 Å². The van der Waals surface area contributed by atoms with E-state index in [9.17, 15) is 30.6 Å². The molecule has 0 spiro atoms. The van der Waals surface area contributed by atoms with Crippen molar-refractivity contribution in [3.63, 3.8) is 0 Å². The van der Waals surface area contributed by atoms with Crippen molar-refractivity contribution in [3.8, 4) is 0 Å². The monoisotopic (exact) mass is 296 g/mol. The molecular formula is C11H20O9. The summed E-state index contributed by atoms with van der Waals surface area (Å²) in [6, 6.07) is 0. The third-order valence-electron chi connectivity index (χ3n) is 3.92. The second-order valence-electron chi connectivity index (χ2n) is 5.26. The topological polar surface area (TPSA) is 160 Å². The first-order valence-electron chi connectivity index (χ1n) is 6.29. The Morgan fingerprint density at radius 1 is 0.950 bits per heavy atom. The summed E-state index contributed by atoms with van der Waals surface area (Å²) >= 11 is 0. The molecule has 118 valence electrons. The Balaban J connectivity index is 2.18. The van der Waals surface area contributed by atoms with E-state index in [0.717, 1.165) is 0 Å². The third kappa shape index (κ3) is 2.45. The van der Waals surface area contributed by atoms with Gasteiger partial charge in [-0.2, -0.15) is 0 Å². The van der Waals surface area contributed by atoms with Gasteiger partial charge in [0.15, 0.2) is 0 Å². The highest BCUT2D eigenvalue weighted by Crippen LogP contribution is 2.33. The van der Waals surface area contributed by atoms with Gasteiger partial charge in [0.05, 0.1) is 19.8 Å². The van der Waals surface area contributed by atoms with Gasteiger partial charge in [0.1, 0.15) is 48.3 Å². The number of rotatable bonds is 2. The summed E-state index contributed by atoms with van der Waals surface area (Å²) in [6.07, 6.45) is -10.4. The molecule has 0 amide bonds. The van der Waals surface area contributed by atoms with Crippen LogP contribution >= 0.6 is 0 Å². The zero-order chi connectivity index (χ0) is 15.1. The minimum absolute atomic E-state index is 0.350. The lowest BCUT2D eigenvalue weighted by atomic mass is 9.79. The Morgan fingerprint density at radius 3 is 2.20 bits per heavy atom. The zero-order valence-electron chi connectivity index (χ0n) is 10.6. The van der Waals surface area contributed by atoms with Gasteiger partial charge in [0.2, 0.25) is 0 Å². The average molecular weight is 296 g/mol. The molecule has 0 unspecified atom stereocenters. The van der Waals surface area contributed by atoms with Crippen molar-refractivity contribution in [2.45, 2.75) is 48.3 Å². The van der Waals surface area contributed by atoms with Crippen LogP contribution in [0.25, 0.3) is 0 Å². The van der Waals surface area contributed by atoms with Crippen LogP contribution in [0.5, 0.6) is 0 Å². The first-order valence-corrected chi connectivity index (χ1v) is 6.29. The second kappa shape index (κ2) is 5.79. The van der Waals surface area contributed by atoms with Crippen LogP contribution < -0.4 is 0 Å². The van der Waals surface area contributed by atoms with E-state index in [0.29, 0.717) is 0 Å². The first kappa shape index (κ1) is 16.0. The van der Waals surface area contributed by atoms with E-state index in [1.807, 2.05) is 0 Å². The van der Waals surface area contributed by atoms with Crippen LogP contribution in [0.2, 0.25) is 0 Å². The number of hydrogen-bond donors (Lipinski definition) is 7. The fourth-order valence-corrected chi connectivity index (χ4v) is 2.58. The molecule has 0 aliphatic carbocycles. The van der Waals surface area contributed by atoms with Gasteiger partial charge in [0, 0.05) is 0 Å². The summed E-state index contributed by atoms with van der Waals surface area (Å²) in [6.45, 7) is -1.41. The quantitative estimate of drug-likeness (QED) is 0.265. The Labute approximate surface area is 114 Å². The van der Waals surface area contributed by atoms with Gasteiger partial charge in [-0.05, 0) is 0 Å². The molecule has 9 heteroatoms. The van der Waals surface area contributed by atoms with Crippen LogP contribution in [0, 0.1) is 0 Å². The SMILES string of the molecule is OC[C@H]1OC[C@@](O)([C@@H]2OC[C@@H](O)[C@H](O)[C@H]2O)[C@@H](O)[C@@H]1O. The lowest BCUT2D eigenvalue weighted by molar-refractivity contribution is -0.308. The molecule has 0 radical (unpaired) electrons. The molecule has 2 rings (SSSR count). The molecule has 7 N–H and O–H groups in total. The maximum absolute atomic E-state index is 10.4. The molecule has 0 aromatic heterocycles. The van der Waals surface area contributed by atoms with Crippen molar-refractivity contribution >= 4 is 0 Å². The maximum atomic E-state index is 10.4. The normalized spacial score (nSPS) is 53.9. The van der Waals surface area contributed by atoms with Crippen molar-refractivity contribution in [2.75, 3.05) is 19.8 Å². The predicted molar refractivity (Wildman–Crippen MR) is 61.5 cm³/mol. The molecule has 2 fully saturated rings. The van der Waals surface area contributed by atoms with Crippen LogP contribution in [-0.2, 0) is 9.47 Å². The van der Waals surface area contributed by atoms with Crippen LogP contribution in [-0.4, -0.2) is 104 Å². The van der Waals surface area contributed by atoms with Crippen LogP contribution in [0.15, 0.2) is 0 Å². The molecule has 0 bridgehead atoms. The minimum Gasteiger partial charge on any atom is -0.394 e. The summed E-state index contributed by atoms with van der Waals surface area (Å²) in [5, 5.41) is 68.0. The average Bonchev–Trinajstić information content (AvgIpc) is 2.43. The number of aliphatic hydroxyl groups excluding tert-OH is 6. The molecule has 0 aromatic carbocycles.